The summed E-state index contributed by atoms with van der Waals surface area (Å²) in [4.78, 5) is 14.9. The minimum absolute atomic E-state index is 0.591. The van der Waals surface area contributed by atoms with Crippen molar-refractivity contribution >= 4 is 43.9 Å². The molecule has 0 unspecified atom stereocenters. The molecule has 0 aliphatic heterocycles. The monoisotopic (exact) mass is 641 g/mol. The van der Waals surface area contributed by atoms with Crippen LogP contribution in [0.4, 0.5) is 0 Å². The molecule has 50 heavy (non-hydrogen) atoms. The van der Waals surface area contributed by atoms with E-state index in [4.69, 9.17) is 23.8 Å². The van der Waals surface area contributed by atoms with Gasteiger partial charge in [0.25, 0.3) is 0 Å². The summed E-state index contributed by atoms with van der Waals surface area (Å²) >= 11 is 0. The zero-order valence-electron chi connectivity index (χ0n) is 26.7. The Morgan fingerprint density at radius 2 is 0.820 bits per heavy atom. The van der Waals surface area contributed by atoms with E-state index in [9.17, 15) is 0 Å². The van der Waals surface area contributed by atoms with E-state index in [2.05, 4.69) is 97.1 Å². The number of para-hydroxylation sites is 3. The fourth-order valence-corrected chi connectivity index (χ4v) is 6.87. The molecule has 0 saturated heterocycles. The smallest absolute Gasteiger partial charge is 0.164 e. The number of hydrogen-bond donors (Lipinski definition) is 0. The van der Waals surface area contributed by atoms with E-state index in [1.54, 1.807) is 0 Å². The molecule has 0 atom stereocenters. The number of nitrogens with zero attached hydrogens (tertiary/aromatic N) is 3. The number of furan rings is 2. The maximum Gasteiger partial charge on any atom is 0.164 e. The van der Waals surface area contributed by atoms with Gasteiger partial charge in [0.15, 0.2) is 17.5 Å². The first-order valence-electron chi connectivity index (χ1n) is 16.6. The quantitative estimate of drug-likeness (QED) is 0.187. The lowest BCUT2D eigenvalue weighted by molar-refractivity contribution is 0.669. The SMILES string of the molecule is c1ccc(-c2nc(-c3ccc(-c4cccc(-c5cccc6c5oc5ccccc56)c4)cc3)nc(-c3ccc4c(c3)oc3ccccc34)n2)cc1. The molecule has 234 valence electrons. The van der Waals surface area contributed by atoms with Crippen LogP contribution in [0.5, 0.6) is 0 Å². The van der Waals surface area contributed by atoms with E-state index in [0.717, 1.165) is 82.8 Å². The summed E-state index contributed by atoms with van der Waals surface area (Å²) in [5.41, 5.74) is 10.5. The summed E-state index contributed by atoms with van der Waals surface area (Å²) < 4.78 is 12.5. The van der Waals surface area contributed by atoms with Gasteiger partial charge in [-0.25, -0.2) is 15.0 Å². The van der Waals surface area contributed by atoms with Crippen LogP contribution >= 0.6 is 0 Å². The molecular formula is C45H27N3O2. The standard InChI is InChI=1S/C45H27N3O2/c1-2-10-29(11-3-1)43-46-44(48-45(47-43)33-24-25-37-35-14-4-6-18-39(35)49-41(37)27-33)30-22-20-28(21-23-30)31-12-8-13-32(26-31)34-16-9-17-38-36-15-5-7-19-40(36)50-42(34)38/h1-27H. The van der Waals surface area contributed by atoms with Crippen molar-refractivity contribution in [3.63, 3.8) is 0 Å². The van der Waals surface area contributed by atoms with Crippen LogP contribution in [-0.2, 0) is 0 Å². The molecule has 0 spiro atoms. The van der Waals surface area contributed by atoms with Crippen molar-refractivity contribution in [2.75, 3.05) is 0 Å². The highest BCUT2D eigenvalue weighted by atomic mass is 16.3. The Morgan fingerprint density at radius 1 is 0.300 bits per heavy atom. The summed E-state index contributed by atoms with van der Waals surface area (Å²) in [5, 5.41) is 4.41. The van der Waals surface area contributed by atoms with Gasteiger partial charge in [-0.1, -0.05) is 133 Å². The minimum Gasteiger partial charge on any atom is -0.456 e. The third-order valence-electron chi connectivity index (χ3n) is 9.36. The first-order chi connectivity index (χ1) is 24.7. The highest BCUT2D eigenvalue weighted by molar-refractivity contribution is 6.09. The molecule has 0 aliphatic carbocycles. The molecule has 0 amide bonds. The van der Waals surface area contributed by atoms with Crippen LogP contribution in [0.2, 0.25) is 0 Å². The van der Waals surface area contributed by atoms with Gasteiger partial charge < -0.3 is 8.83 Å². The van der Waals surface area contributed by atoms with Crippen molar-refractivity contribution in [3.8, 4) is 56.4 Å². The topological polar surface area (TPSA) is 65.0 Å². The molecule has 10 rings (SSSR count). The van der Waals surface area contributed by atoms with Crippen LogP contribution in [0.15, 0.2) is 173 Å². The molecule has 7 aromatic carbocycles. The number of benzene rings is 7. The first-order valence-corrected chi connectivity index (χ1v) is 16.6. The van der Waals surface area contributed by atoms with Crippen LogP contribution in [0.25, 0.3) is 100 Å². The van der Waals surface area contributed by atoms with E-state index >= 15 is 0 Å². The van der Waals surface area contributed by atoms with Gasteiger partial charge in [0.2, 0.25) is 0 Å². The maximum atomic E-state index is 6.34. The fraction of sp³-hybridized carbons (Fsp3) is 0. The Labute approximate surface area is 287 Å². The third-order valence-corrected chi connectivity index (χ3v) is 9.36. The lowest BCUT2D eigenvalue weighted by Crippen LogP contribution is -2.00. The number of fused-ring (bicyclic) bond motifs is 6. The van der Waals surface area contributed by atoms with Gasteiger partial charge in [0.05, 0.1) is 0 Å². The van der Waals surface area contributed by atoms with E-state index < -0.39 is 0 Å². The molecule has 0 fully saturated rings. The van der Waals surface area contributed by atoms with Gasteiger partial charge in [0, 0.05) is 43.8 Å². The van der Waals surface area contributed by atoms with Crippen LogP contribution < -0.4 is 0 Å². The number of aromatic nitrogens is 3. The molecule has 0 bridgehead atoms. The highest BCUT2D eigenvalue weighted by Gasteiger charge is 2.16. The summed E-state index contributed by atoms with van der Waals surface area (Å²) in [6, 6.07) is 55.8. The van der Waals surface area contributed by atoms with Gasteiger partial charge in [-0.2, -0.15) is 0 Å². The Bertz CT molecular complexity index is 2870. The summed E-state index contributed by atoms with van der Waals surface area (Å²) in [7, 11) is 0. The minimum atomic E-state index is 0.591. The van der Waals surface area contributed by atoms with Crippen molar-refractivity contribution < 1.29 is 8.83 Å². The van der Waals surface area contributed by atoms with Gasteiger partial charge in [-0.3, -0.25) is 0 Å². The normalized spacial score (nSPS) is 11.6. The first kappa shape index (κ1) is 28.2. The van der Waals surface area contributed by atoms with Crippen LogP contribution in [0.1, 0.15) is 0 Å². The number of hydrogen-bond acceptors (Lipinski definition) is 5. The van der Waals surface area contributed by atoms with Crippen molar-refractivity contribution in [3.05, 3.63) is 164 Å². The van der Waals surface area contributed by atoms with Crippen LogP contribution in [0, 0.1) is 0 Å². The summed E-state index contributed by atoms with van der Waals surface area (Å²) in [6.45, 7) is 0. The molecule has 0 aliphatic rings. The lowest BCUT2D eigenvalue weighted by Gasteiger charge is -2.10. The molecule has 3 heterocycles. The summed E-state index contributed by atoms with van der Waals surface area (Å²) in [5.74, 6) is 1.81. The van der Waals surface area contributed by atoms with E-state index in [0.29, 0.717) is 17.5 Å². The Hall–Kier alpha value is -6.85. The van der Waals surface area contributed by atoms with Crippen molar-refractivity contribution in [2.45, 2.75) is 0 Å². The van der Waals surface area contributed by atoms with Crippen LogP contribution in [0.3, 0.4) is 0 Å². The Balaban J connectivity index is 1.03. The second kappa shape index (κ2) is 11.4. The van der Waals surface area contributed by atoms with Crippen molar-refractivity contribution in [2.24, 2.45) is 0 Å². The van der Waals surface area contributed by atoms with E-state index in [1.807, 2.05) is 66.7 Å². The average molecular weight is 642 g/mol. The predicted octanol–water partition coefficient (Wildman–Crippen LogP) is 12.0. The molecule has 10 aromatic rings. The molecule has 5 heteroatoms. The van der Waals surface area contributed by atoms with Gasteiger partial charge >= 0.3 is 0 Å². The van der Waals surface area contributed by atoms with Gasteiger partial charge in [-0.15, -0.1) is 0 Å². The van der Waals surface area contributed by atoms with Gasteiger partial charge in [-0.05, 0) is 47.0 Å². The maximum absolute atomic E-state index is 6.34. The third kappa shape index (κ3) is 4.75. The average Bonchev–Trinajstić information content (AvgIpc) is 3.76. The number of rotatable bonds is 5. The van der Waals surface area contributed by atoms with Gasteiger partial charge in [0.1, 0.15) is 22.3 Å². The predicted molar refractivity (Wildman–Crippen MR) is 202 cm³/mol. The van der Waals surface area contributed by atoms with Crippen molar-refractivity contribution in [1.82, 2.24) is 15.0 Å². The second-order valence-corrected chi connectivity index (χ2v) is 12.4. The Morgan fingerprint density at radius 3 is 1.60 bits per heavy atom. The summed E-state index contributed by atoms with van der Waals surface area (Å²) in [6.07, 6.45) is 0. The zero-order valence-corrected chi connectivity index (χ0v) is 26.7. The molecule has 5 nitrogen and oxygen atoms in total. The lowest BCUT2D eigenvalue weighted by atomic mass is 9.97. The van der Waals surface area contributed by atoms with Crippen molar-refractivity contribution in [1.29, 1.82) is 0 Å². The fourth-order valence-electron chi connectivity index (χ4n) is 6.87. The van der Waals surface area contributed by atoms with E-state index in [-0.39, 0.29) is 0 Å². The molecule has 0 N–H and O–H groups in total. The van der Waals surface area contributed by atoms with Crippen LogP contribution in [-0.4, -0.2) is 15.0 Å². The zero-order chi connectivity index (χ0) is 33.0. The molecule has 3 aromatic heterocycles. The highest BCUT2D eigenvalue weighted by Crippen LogP contribution is 2.37. The molecule has 0 saturated carbocycles. The molecule has 0 radical (unpaired) electrons. The largest absolute Gasteiger partial charge is 0.456 e. The second-order valence-electron chi connectivity index (χ2n) is 12.4. The molecular weight excluding hydrogens is 615 g/mol. The van der Waals surface area contributed by atoms with E-state index in [1.165, 1.54) is 0 Å². The Kier molecular flexibility index (Phi) is 6.42.